The fourth-order valence-corrected chi connectivity index (χ4v) is 2.92. The molecule has 1 atom stereocenters. The second-order valence-electron chi connectivity index (χ2n) is 4.55. The summed E-state index contributed by atoms with van der Waals surface area (Å²) in [5.41, 5.74) is 1.83. The fourth-order valence-electron chi connectivity index (χ4n) is 2.10. The first kappa shape index (κ1) is 14.0. The molecular weight excluding hydrogens is 290 g/mol. The minimum absolute atomic E-state index is 0.0373. The van der Waals surface area contributed by atoms with Gasteiger partial charge in [-0.15, -0.1) is 11.3 Å². The van der Waals surface area contributed by atoms with Gasteiger partial charge in [-0.05, 0) is 26.0 Å². The average Bonchev–Trinajstić information content (AvgIpc) is 3.05. The summed E-state index contributed by atoms with van der Waals surface area (Å²) < 4.78 is 12.2. The average molecular weight is 305 g/mol. The molecule has 0 radical (unpaired) electrons. The molecule has 0 bridgehead atoms. The Morgan fingerprint density at radius 3 is 3.19 bits per heavy atom. The van der Waals surface area contributed by atoms with Crippen LogP contribution in [0.3, 0.4) is 0 Å². The molecule has 0 spiro atoms. The molecule has 0 aromatic carbocycles. The van der Waals surface area contributed by atoms with Gasteiger partial charge in [0.1, 0.15) is 11.1 Å². The normalized spacial score (nSPS) is 12.9. The number of pyridine rings is 1. The lowest BCUT2D eigenvalue weighted by Gasteiger charge is -2.06. The Morgan fingerprint density at radius 1 is 1.52 bits per heavy atom. The molecule has 7 heteroatoms. The smallest absolute Gasteiger partial charge is 0.406 e. The van der Waals surface area contributed by atoms with Crippen molar-refractivity contribution in [2.45, 2.75) is 26.5 Å². The van der Waals surface area contributed by atoms with E-state index in [0.717, 1.165) is 10.7 Å². The van der Waals surface area contributed by atoms with E-state index >= 15 is 0 Å². The number of aromatic nitrogens is 3. The molecule has 3 rings (SSSR count). The van der Waals surface area contributed by atoms with E-state index in [1.807, 2.05) is 19.2 Å². The van der Waals surface area contributed by atoms with Gasteiger partial charge in [0.2, 0.25) is 0 Å². The van der Waals surface area contributed by atoms with Gasteiger partial charge in [0, 0.05) is 18.2 Å². The summed E-state index contributed by atoms with van der Waals surface area (Å²) in [6.45, 7) is 4.91. The third kappa shape index (κ3) is 2.74. The summed E-state index contributed by atoms with van der Waals surface area (Å²) >= 11 is 1.53. The Bertz CT molecular complexity index is 805. The van der Waals surface area contributed by atoms with Crippen molar-refractivity contribution in [1.82, 2.24) is 14.5 Å². The van der Waals surface area contributed by atoms with E-state index < -0.39 is 5.76 Å². The van der Waals surface area contributed by atoms with Crippen LogP contribution in [0.5, 0.6) is 0 Å². The van der Waals surface area contributed by atoms with Gasteiger partial charge in [-0.3, -0.25) is 4.57 Å². The Morgan fingerprint density at radius 2 is 2.38 bits per heavy atom. The van der Waals surface area contributed by atoms with Crippen LogP contribution in [0.25, 0.3) is 11.2 Å². The molecule has 3 aromatic heterocycles. The Kier molecular flexibility index (Phi) is 3.85. The maximum absolute atomic E-state index is 11.9. The molecule has 0 saturated carbocycles. The lowest BCUT2D eigenvalue weighted by atomic mass is 10.4. The van der Waals surface area contributed by atoms with E-state index in [9.17, 15) is 4.79 Å². The highest BCUT2D eigenvalue weighted by Crippen LogP contribution is 2.21. The quantitative estimate of drug-likeness (QED) is 0.724. The molecule has 0 aliphatic carbocycles. The van der Waals surface area contributed by atoms with Crippen molar-refractivity contribution in [3.63, 3.8) is 0 Å². The second-order valence-corrected chi connectivity index (χ2v) is 5.44. The number of ether oxygens (including phenoxy) is 1. The molecule has 0 aliphatic heterocycles. The summed E-state index contributed by atoms with van der Waals surface area (Å²) in [5, 5.41) is 2.83. The molecular formula is C14H15N3O3S. The van der Waals surface area contributed by atoms with Gasteiger partial charge in [0.25, 0.3) is 0 Å². The predicted octanol–water partition coefficient (Wildman–Crippen LogP) is 2.59. The number of oxazole rings is 1. The summed E-state index contributed by atoms with van der Waals surface area (Å²) in [7, 11) is 0. The number of hydrogen-bond acceptors (Lipinski definition) is 6. The molecule has 3 aromatic rings. The van der Waals surface area contributed by atoms with Crippen LogP contribution in [0.15, 0.2) is 32.9 Å². The molecule has 0 saturated heterocycles. The third-order valence-electron chi connectivity index (χ3n) is 3.08. The molecule has 110 valence electrons. The number of hydrogen-bond donors (Lipinski definition) is 0. The van der Waals surface area contributed by atoms with Gasteiger partial charge < -0.3 is 9.15 Å². The van der Waals surface area contributed by atoms with E-state index in [2.05, 4.69) is 9.97 Å². The van der Waals surface area contributed by atoms with Crippen LogP contribution in [-0.4, -0.2) is 21.1 Å². The van der Waals surface area contributed by atoms with Crippen LogP contribution in [0, 0.1) is 0 Å². The molecule has 3 heterocycles. The number of fused-ring (bicyclic) bond motifs is 1. The molecule has 0 aliphatic rings. The summed E-state index contributed by atoms with van der Waals surface area (Å²) in [6.07, 6.45) is 1.60. The summed E-state index contributed by atoms with van der Waals surface area (Å²) in [5.74, 6) is -0.420. The van der Waals surface area contributed by atoms with Gasteiger partial charge >= 0.3 is 5.76 Å². The van der Waals surface area contributed by atoms with Crippen molar-refractivity contribution in [3.8, 4) is 0 Å². The molecule has 21 heavy (non-hydrogen) atoms. The first-order valence-corrected chi connectivity index (χ1v) is 7.57. The fraction of sp³-hybridized carbons (Fsp3) is 0.357. The van der Waals surface area contributed by atoms with Crippen LogP contribution >= 0.6 is 11.3 Å². The van der Waals surface area contributed by atoms with Gasteiger partial charge in [0.15, 0.2) is 11.2 Å². The lowest BCUT2D eigenvalue weighted by Crippen LogP contribution is -2.15. The summed E-state index contributed by atoms with van der Waals surface area (Å²) in [6, 6.07) is 3.46. The van der Waals surface area contributed by atoms with Crippen molar-refractivity contribution in [2.24, 2.45) is 0 Å². The zero-order valence-corrected chi connectivity index (χ0v) is 12.6. The van der Waals surface area contributed by atoms with Crippen LogP contribution in [0.1, 0.15) is 30.7 Å². The van der Waals surface area contributed by atoms with Crippen LogP contribution in [0.4, 0.5) is 0 Å². The number of thiazole rings is 1. The number of nitrogens with zero attached hydrogens (tertiary/aromatic N) is 3. The minimum atomic E-state index is -0.420. The summed E-state index contributed by atoms with van der Waals surface area (Å²) in [4.78, 5) is 20.6. The highest BCUT2D eigenvalue weighted by atomic mass is 32.1. The molecule has 0 amide bonds. The standard InChI is InChI=1S/C14H15N3O3S/c1-3-19-9(2)13-16-10(8-21-13)7-17-12-11(20-14(17)18)5-4-6-15-12/h4-6,8-9H,3,7H2,1-2H3. The van der Waals surface area contributed by atoms with Crippen molar-refractivity contribution in [1.29, 1.82) is 0 Å². The predicted molar refractivity (Wildman–Crippen MR) is 79.5 cm³/mol. The van der Waals surface area contributed by atoms with Gasteiger partial charge in [-0.2, -0.15) is 0 Å². The van der Waals surface area contributed by atoms with Crippen molar-refractivity contribution >= 4 is 22.6 Å². The maximum atomic E-state index is 11.9. The minimum Gasteiger partial charge on any atom is -0.406 e. The van der Waals surface area contributed by atoms with E-state index in [4.69, 9.17) is 9.15 Å². The Hall–Kier alpha value is -1.99. The maximum Gasteiger partial charge on any atom is 0.421 e. The SMILES string of the molecule is CCOC(C)c1nc(Cn2c(=O)oc3cccnc32)cs1. The first-order valence-electron chi connectivity index (χ1n) is 6.69. The van der Waals surface area contributed by atoms with Crippen LogP contribution in [-0.2, 0) is 11.3 Å². The largest absolute Gasteiger partial charge is 0.421 e. The van der Waals surface area contributed by atoms with Crippen molar-refractivity contribution in [3.05, 3.63) is 45.0 Å². The van der Waals surface area contributed by atoms with Crippen molar-refractivity contribution in [2.75, 3.05) is 6.61 Å². The van der Waals surface area contributed by atoms with E-state index in [0.29, 0.717) is 24.4 Å². The topological polar surface area (TPSA) is 70.2 Å². The van der Waals surface area contributed by atoms with Crippen LogP contribution < -0.4 is 5.76 Å². The molecule has 6 nitrogen and oxygen atoms in total. The monoisotopic (exact) mass is 305 g/mol. The third-order valence-corrected chi connectivity index (χ3v) is 4.13. The zero-order valence-electron chi connectivity index (χ0n) is 11.8. The first-order chi connectivity index (χ1) is 10.2. The zero-order chi connectivity index (χ0) is 14.8. The Labute approximate surface area is 125 Å². The van der Waals surface area contributed by atoms with Gasteiger partial charge in [0.05, 0.1) is 12.2 Å². The molecule has 0 fully saturated rings. The molecule has 1 unspecified atom stereocenters. The second kappa shape index (κ2) is 5.79. The van der Waals surface area contributed by atoms with Crippen LogP contribution in [0.2, 0.25) is 0 Å². The van der Waals surface area contributed by atoms with E-state index in [-0.39, 0.29) is 6.10 Å². The van der Waals surface area contributed by atoms with Crippen molar-refractivity contribution < 1.29 is 9.15 Å². The van der Waals surface area contributed by atoms with E-state index in [1.165, 1.54) is 15.9 Å². The van der Waals surface area contributed by atoms with E-state index in [1.54, 1.807) is 18.3 Å². The molecule has 0 N–H and O–H groups in total. The highest BCUT2D eigenvalue weighted by molar-refractivity contribution is 7.09. The van der Waals surface area contributed by atoms with Gasteiger partial charge in [-0.25, -0.2) is 14.8 Å². The Balaban J connectivity index is 1.89. The highest BCUT2D eigenvalue weighted by Gasteiger charge is 2.14. The lowest BCUT2D eigenvalue weighted by molar-refractivity contribution is 0.0761. The number of rotatable bonds is 5. The van der Waals surface area contributed by atoms with Gasteiger partial charge in [-0.1, -0.05) is 0 Å².